The molecular formula is C31H28BrNO3. The standard InChI is InChI=1S/C31H28BrNO3/c1-20-28(31(35)36-16-15-21-9-4-2-5-10-21)29(23-13-8-14-25(32)17-23)30-26(33-20)18-24(19-27(30)34)22-11-6-3-7-12-22/h2-14,17,24,29,33H,15-16,18-19H2,1H3/t24-,29-/m1/s1. The maximum atomic E-state index is 13.7. The Morgan fingerprint density at radius 1 is 0.944 bits per heavy atom. The van der Waals surface area contributed by atoms with Crippen LogP contribution >= 0.6 is 15.9 Å². The summed E-state index contributed by atoms with van der Waals surface area (Å²) in [5, 5.41) is 3.43. The molecule has 0 bridgehead atoms. The lowest BCUT2D eigenvalue weighted by molar-refractivity contribution is -0.139. The molecule has 2 atom stereocenters. The number of esters is 1. The molecule has 1 heterocycles. The molecule has 4 nitrogen and oxygen atoms in total. The first kappa shape index (κ1) is 24.3. The number of carbonyl (C=O) groups excluding carboxylic acids is 2. The molecular weight excluding hydrogens is 514 g/mol. The van der Waals surface area contributed by atoms with Gasteiger partial charge in [-0.25, -0.2) is 4.79 Å². The van der Waals surface area contributed by atoms with E-state index in [1.54, 1.807) is 0 Å². The summed E-state index contributed by atoms with van der Waals surface area (Å²) in [6.07, 6.45) is 1.78. The van der Waals surface area contributed by atoms with Crippen LogP contribution in [0.25, 0.3) is 0 Å². The second kappa shape index (κ2) is 10.7. The Bertz CT molecular complexity index is 1340. The van der Waals surface area contributed by atoms with Gasteiger partial charge in [0.15, 0.2) is 5.78 Å². The first-order valence-corrected chi connectivity index (χ1v) is 13.1. The molecule has 0 radical (unpaired) electrons. The number of halogens is 1. The quantitative estimate of drug-likeness (QED) is 0.357. The minimum atomic E-state index is -0.466. The fourth-order valence-electron chi connectivity index (χ4n) is 5.27. The van der Waals surface area contributed by atoms with Crippen LogP contribution in [0.3, 0.4) is 0 Å². The number of rotatable bonds is 6. The lowest BCUT2D eigenvalue weighted by atomic mass is 9.72. The van der Waals surface area contributed by atoms with Crippen LogP contribution in [0, 0.1) is 0 Å². The Morgan fingerprint density at radius 2 is 1.64 bits per heavy atom. The van der Waals surface area contributed by atoms with Gasteiger partial charge in [-0.3, -0.25) is 4.79 Å². The number of nitrogens with one attached hydrogen (secondary N) is 1. The second-order valence-corrected chi connectivity index (χ2v) is 10.3. The van der Waals surface area contributed by atoms with Crippen LogP contribution in [0.1, 0.15) is 48.3 Å². The Labute approximate surface area is 220 Å². The van der Waals surface area contributed by atoms with Crippen LogP contribution in [0.5, 0.6) is 0 Å². The van der Waals surface area contributed by atoms with Gasteiger partial charge in [-0.1, -0.05) is 88.7 Å². The van der Waals surface area contributed by atoms with Crippen molar-refractivity contribution >= 4 is 27.7 Å². The van der Waals surface area contributed by atoms with Crippen molar-refractivity contribution in [3.05, 3.63) is 129 Å². The molecule has 0 amide bonds. The maximum Gasteiger partial charge on any atom is 0.336 e. The molecule has 1 aliphatic heterocycles. The fourth-order valence-corrected chi connectivity index (χ4v) is 5.69. The predicted molar refractivity (Wildman–Crippen MR) is 144 cm³/mol. The molecule has 1 aliphatic carbocycles. The van der Waals surface area contributed by atoms with Crippen LogP contribution in [-0.2, 0) is 20.7 Å². The molecule has 5 rings (SSSR count). The van der Waals surface area contributed by atoms with Crippen molar-refractivity contribution < 1.29 is 14.3 Å². The molecule has 5 heteroatoms. The molecule has 0 spiro atoms. The third-order valence-electron chi connectivity index (χ3n) is 6.97. The fraction of sp³-hybridized carbons (Fsp3) is 0.226. The van der Waals surface area contributed by atoms with E-state index < -0.39 is 5.92 Å². The number of ketones is 1. The lowest BCUT2D eigenvalue weighted by Gasteiger charge is -2.36. The molecule has 0 fully saturated rings. The van der Waals surface area contributed by atoms with E-state index in [4.69, 9.17) is 4.74 Å². The van der Waals surface area contributed by atoms with Gasteiger partial charge in [-0.05, 0) is 48.1 Å². The van der Waals surface area contributed by atoms with E-state index in [0.717, 1.165) is 39.0 Å². The van der Waals surface area contributed by atoms with Crippen LogP contribution in [0.2, 0.25) is 0 Å². The molecule has 0 unspecified atom stereocenters. The normalized spacial score (nSPS) is 19.6. The summed E-state index contributed by atoms with van der Waals surface area (Å²) in [6, 6.07) is 28.0. The Morgan fingerprint density at radius 3 is 2.36 bits per heavy atom. The molecule has 2 aliphatic rings. The minimum Gasteiger partial charge on any atom is -0.462 e. The monoisotopic (exact) mass is 541 g/mol. The van der Waals surface area contributed by atoms with Gasteiger partial charge in [0.05, 0.1) is 12.2 Å². The van der Waals surface area contributed by atoms with Crippen molar-refractivity contribution in [1.82, 2.24) is 5.32 Å². The van der Waals surface area contributed by atoms with Crippen molar-refractivity contribution in [3.63, 3.8) is 0 Å². The zero-order valence-electron chi connectivity index (χ0n) is 20.2. The van der Waals surface area contributed by atoms with Crippen molar-refractivity contribution in [2.75, 3.05) is 6.61 Å². The highest BCUT2D eigenvalue weighted by atomic mass is 79.9. The summed E-state index contributed by atoms with van der Waals surface area (Å²) in [5.74, 6) is -0.664. The lowest BCUT2D eigenvalue weighted by Crippen LogP contribution is -2.36. The van der Waals surface area contributed by atoms with Gasteiger partial charge in [-0.15, -0.1) is 0 Å². The largest absolute Gasteiger partial charge is 0.462 e. The smallest absolute Gasteiger partial charge is 0.336 e. The highest BCUT2D eigenvalue weighted by Gasteiger charge is 2.41. The first-order valence-electron chi connectivity index (χ1n) is 12.3. The number of carbonyl (C=O) groups is 2. The number of hydrogen-bond acceptors (Lipinski definition) is 4. The SMILES string of the molecule is CC1=C(C(=O)OCCc2ccccc2)[C@@H](c2cccc(Br)c2)C2=C(C[C@@H](c3ccccc3)CC2=O)N1. The van der Waals surface area contributed by atoms with E-state index in [9.17, 15) is 9.59 Å². The van der Waals surface area contributed by atoms with E-state index in [-0.39, 0.29) is 24.3 Å². The predicted octanol–water partition coefficient (Wildman–Crippen LogP) is 6.60. The highest BCUT2D eigenvalue weighted by molar-refractivity contribution is 9.10. The Kier molecular flexibility index (Phi) is 7.19. The first-order chi connectivity index (χ1) is 17.5. The van der Waals surface area contributed by atoms with Crippen molar-refractivity contribution in [1.29, 1.82) is 0 Å². The van der Waals surface area contributed by atoms with Crippen molar-refractivity contribution in [2.24, 2.45) is 0 Å². The number of allylic oxidation sites excluding steroid dienone is 3. The highest BCUT2D eigenvalue weighted by Crippen LogP contribution is 2.46. The van der Waals surface area contributed by atoms with Gasteiger partial charge in [0.2, 0.25) is 0 Å². The average molecular weight is 542 g/mol. The average Bonchev–Trinajstić information content (AvgIpc) is 2.89. The van der Waals surface area contributed by atoms with E-state index >= 15 is 0 Å². The summed E-state index contributed by atoms with van der Waals surface area (Å²) in [4.78, 5) is 27.1. The summed E-state index contributed by atoms with van der Waals surface area (Å²) < 4.78 is 6.66. The molecule has 36 heavy (non-hydrogen) atoms. The van der Waals surface area contributed by atoms with Gasteiger partial charge < -0.3 is 10.1 Å². The maximum absolute atomic E-state index is 13.7. The summed E-state index contributed by atoms with van der Waals surface area (Å²) in [5.41, 5.74) is 6.01. The number of benzene rings is 3. The van der Waals surface area contributed by atoms with E-state index in [2.05, 4.69) is 33.4 Å². The van der Waals surface area contributed by atoms with Crippen LogP contribution < -0.4 is 5.32 Å². The summed E-state index contributed by atoms with van der Waals surface area (Å²) in [6.45, 7) is 2.18. The van der Waals surface area contributed by atoms with E-state index in [1.165, 1.54) is 0 Å². The van der Waals surface area contributed by atoms with Gasteiger partial charge in [-0.2, -0.15) is 0 Å². The molecule has 0 saturated carbocycles. The third-order valence-corrected chi connectivity index (χ3v) is 7.46. The zero-order valence-corrected chi connectivity index (χ0v) is 21.8. The zero-order chi connectivity index (χ0) is 25.1. The summed E-state index contributed by atoms with van der Waals surface area (Å²) >= 11 is 3.56. The molecule has 3 aromatic rings. The van der Waals surface area contributed by atoms with Crippen LogP contribution in [0.4, 0.5) is 0 Å². The van der Waals surface area contributed by atoms with Crippen molar-refractivity contribution in [2.45, 2.75) is 38.0 Å². The Hall–Kier alpha value is -3.44. The molecule has 1 N–H and O–H groups in total. The van der Waals surface area contributed by atoms with Gasteiger partial charge in [0, 0.05) is 40.2 Å². The van der Waals surface area contributed by atoms with E-state index in [1.807, 2.05) is 79.7 Å². The van der Waals surface area contributed by atoms with Gasteiger partial charge in [0.1, 0.15) is 0 Å². The number of hydrogen-bond donors (Lipinski definition) is 1. The topological polar surface area (TPSA) is 55.4 Å². The third kappa shape index (κ3) is 5.07. The van der Waals surface area contributed by atoms with Crippen molar-refractivity contribution in [3.8, 4) is 0 Å². The second-order valence-electron chi connectivity index (χ2n) is 9.35. The van der Waals surface area contributed by atoms with Crippen LogP contribution in [-0.4, -0.2) is 18.4 Å². The van der Waals surface area contributed by atoms with Crippen LogP contribution in [0.15, 0.2) is 112 Å². The number of dihydropyridines is 1. The number of ether oxygens (including phenoxy) is 1. The Balaban J connectivity index is 1.47. The van der Waals surface area contributed by atoms with Gasteiger partial charge in [0.25, 0.3) is 0 Å². The number of Topliss-reactive ketones (excluding diaryl/α,β-unsaturated/α-hetero) is 1. The van der Waals surface area contributed by atoms with Gasteiger partial charge >= 0.3 is 5.97 Å². The molecule has 0 aromatic heterocycles. The molecule has 3 aromatic carbocycles. The molecule has 0 saturated heterocycles. The van der Waals surface area contributed by atoms with E-state index in [0.29, 0.717) is 24.0 Å². The minimum absolute atomic E-state index is 0.0738. The molecule has 182 valence electrons. The summed E-state index contributed by atoms with van der Waals surface area (Å²) in [7, 11) is 0.